The van der Waals surface area contributed by atoms with Crippen LogP contribution in [0.4, 0.5) is 0 Å². The lowest BCUT2D eigenvalue weighted by atomic mass is 10.0. The van der Waals surface area contributed by atoms with Gasteiger partial charge in [-0.2, -0.15) is 0 Å². The van der Waals surface area contributed by atoms with E-state index in [1.807, 2.05) is 7.05 Å². The summed E-state index contributed by atoms with van der Waals surface area (Å²) in [5.41, 5.74) is 0. The molecule has 2 atom stereocenters. The van der Waals surface area contributed by atoms with Crippen LogP contribution in [0.15, 0.2) is 0 Å². The largest absolute Gasteiger partial charge is 0.320 e. The highest BCUT2D eigenvalue weighted by Gasteiger charge is 2.31. The van der Waals surface area contributed by atoms with Crippen LogP contribution in [0, 0.1) is 0 Å². The number of rotatable bonds is 5. The molecule has 2 N–H and O–H groups in total. The average Bonchev–Trinajstić information content (AvgIpc) is 2.25. The van der Waals surface area contributed by atoms with Gasteiger partial charge in [-0.05, 0) is 39.9 Å². The van der Waals surface area contributed by atoms with E-state index >= 15 is 0 Å². The van der Waals surface area contributed by atoms with Crippen LogP contribution in [0.1, 0.15) is 19.8 Å². The minimum atomic E-state index is -0.245. The van der Waals surface area contributed by atoms with Gasteiger partial charge in [0.05, 0.1) is 12.2 Å². The summed E-state index contributed by atoms with van der Waals surface area (Å²) in [6, 6.07) is -0.245. The van der Waals surface area contributed by atoms with Gasteiger partial charge < -0.3 is 10.2 Å². The second-order valence-electron chi connectivity index (χ2n) is 3.83. The number of carbonyl (C=O) groups is 2. The van der Waals surface area contributed by atoms with Crippen LogP contribution < -0.4 is 10.6 Å². The molecule has 0 saturated carbocycles. The van der Waals surface area contributed by atoms with Crippen molar-refractivity contribution in [3.8, 4) is 0 Å². The number of hydrogen-bond acceptors (Lipinski definition) is 4. The fraction of sp³-hybridized carbons (Fsp3) is 0.800. The van der Waals surface area contributed by atoms with Crippen molar-refractivity contribution in [3.63, 3.8) is 0 Å². The van der Waals surface area contributed by atoms with Gasteiger partial charge in [-0.15, -0.1) is 0 Å². The summed E-state index contributed by atoms with van der Waals surface area (Å²) >= 11 is 0. The molecule has 86 valence electrons. The van der Waals surface area contributed by atoms with Gasteiger partial charge in [0, 0.05) is 0 Å². The second kappa shape index (κ2) is 5.82. The van der Waals surface area contributed by atoms with E-state index in [-0.39, 0.29) is 18.0 Å². The Morgan fingerprint density at radius 2 is 2.40 bits per heavy atom. The molecule has 0 aliphatic carbocycles. The highest BCUT2D eigenvalue weighted by Crippen LogP contribution is 2.13. The van der Waals surface area contributed by atoms with Gasteiger partial charge in [0.1, 0.15) is 0 Å². The Bertz CT molecular complexity index is 233. The van der Waals surface area contributed by atoms with E-state index in [0.717, 1.165) is 25.9 Å². The van der Waals surface area contributed by atoms with Crippen molar-refractivity contribution in [2.45, 2.75) is 32.0 Å². The summed E-state index contributed by atoms with van der Waals surface area (Å²) in [6.07, 6.45) is 2.29. The Kier molecular flexibility index (Phi) is 4.71. The zero-order valence-corrected chi connectivity index (χ0v) is 9.32. The van der Waals surface area contributed by atoms with Gasteiger partial charge >= 0.3 is 0 Å². The molecule has 0 spiro atoms. The molecule has 2 unspecified atom stereocenters. The van der Waals surface area contributed by atoms with Gasteiger partial charge in [0.25, 0.3) is 0 Å². The maximum atomic E-state index is 11.3. The number of Topliss-reactive ketones (excluding diaryl/α,β-unsaturated/α-hetero) is 1. The molecule has 1 saturated heterocycles. The topological polar surface area (TPSA) is 61.4 Å². The molecule has 1 fully saturated rings. The van der Waals surface area contributed by atoms with E-state index < -0.39 is 0 Å². The first-order valence-electron chi connectivity index (χ1n) is 5.32. The molecule has 5 heteroatoms. The van der Waals surface area contributed by atoms with Crippen molar-refractivity contribution in [2.75, 3.05) is 20.1 Å². The van der Waals surface area contributed by atoms with E-state index in [2.05, 4.69) is 10.6 Å². The summed E-state index contributed by atoms with van der Waals surface area (Å²) in [6.45, 7) is 3.16. The number of nitrogens with zero attached hydrogens (tertiary/aromatic N) is 1. The van der Waals surface area contributed by atoms with Gasteiger partial charge in [0.15, 0.2) is 5.78 Å². The van der Waals surface area contributed by atoms with Crippen LogP contribution >= 0.6 is 0 Å². The van der Waals surface area contributed by atoms with E-state index in [1.54, 1.807) is 11.8 Å². The molecule has 1 heterocycles. The van der Waals surface area contributed by atoms with Crippen molar-refractivity contribution >= 4 is 12.2 Å². The zero-order valence-electron chi connectivity index (χ0n) is 9.32. The lowest BCUT2D eigenvalue weighted by Gasteiger charge is -2.39. The molecule has 15 heavy (non-hydrogen) atoms. The third kappa shape index (κ3) is 3.00. The van der Waals surface area contributed by atoms with Crippen LogP contribution in [-0.4, -0.2) is 49.4 Å². The molecule has 1 amide bonds. The lowest BCUT2D eigenvalue weighted by Crippen LogP contribution is -2.58. The van der Waals surface area contributed by atoms with E-state index in [4.69, 9.17) is 0 Å². The van der Waals surface area contributed by atoms with Crippen LogP contribution in [-0.2, 0) is 9.59 Å². The Hall–Kier alpha value is -0.940. The van der Waals surface area contributed by atoms with Gasteiger partial charge in [-0.25, -0.2) is 0 Å². The number of nitrogens with one attached hydrogen (secondary N) is 2. The fourth-order valence-corrected chi connectivity index (χ4v) is 1.95. The molecule has 0 aromatic heterocycles. The quantitative estimate of drug-likeness (QED) is 0.595. The summed E-state index contributed by atoms with van der Waals surface area (Å²) in [7, 11) is 1.87. The zero-order chi connectivity index (χ0) is 11.3. The molecule has 0 radical (unpaired) electrons. The summed E-state index contributed by atoms with van der Waals surface area (Å²) in [5, 5.41) is 6.28. The molecular formula is C10H19N3O2. The molecule has 1 aliphatic rings. The fourth-order valence-electron chi connectivity index (χ4n) is 1.95. The van der Waals surface area contributed by atoms with Crippen LogP contribution in [0.3, 0.4) is 0 Å². The Morgan fingerprint density at radius 1 is 1.67 bits per heavy atom. The second-order valence-corrected chi connectivity index (χ2v) is 3.83. The Balaban J connectivity index is 2.62. The minimum absolute atomic E-state index is 0.0161. The molecular weight excluding hydrogens is 194 g/mol. The van der Waals surface area contributed by atoms with Crippen LogP contribution in [0.5, 0.6) is 0 Å². The molecule has 0 aromatic carbocycles. The molecule has 5 nitrogen and oxygen atoms in total. The monoisotopic (exact) mass is 213 g/mol. The first-order valence-corrected chi connectivity index (χ1v) is 5.32. The number of ketones is 1. The maximum absolute atomic E-state index is 11.3. The van der Waals surface area contributed by atoms with Gasteiger partial charge in [-0.1, -0.05) is 0 Å². The summed E-state index contributed by atoms with van der Waals surface area (Å²) in [5.74, 6) is 0.0676. The number of carbonyl (C=O) groups excluding carboxylic acids is 2. The SMILES string of the molecule is CNCCC1NCCC(C(C)=O)N1C=O. The van der Waals surface area contributed by atoms with E-state index in [1.165, 1.54) is 0 Å². The highest BCUT2D eigenvalue weighted by molar-refractivity contribution is 5.83. The highest BCUT2D eigenvalue weighted by atomic mass is 16.1. The predicted molar refractivity (Wildman–Crippen MR) is 57.3 cm³/mol. The molecule has 1 aliphatic heterocycles. The van der Waals surface area contributed by atoms with E-state index in [0.29, 0.717) is 6.42 Å². The van der Waals surface area contributed by atoms with E-state index in [9.17, 15) is 9.59 Å². The molecule has 0 bridgehead atoms. The van der Waals surface area contributed by atoms with Gasteiger partial charge in [-0.3, -0.25) is 14.9 Å². The van der Waals surface area contributed by atoms with Crippen molar-refractivity contribution in [1.29, 1.82) is 0 Å². The average molecular weight is 213 g/mol. The minimum Gasteiger partial charge on any atom is -0.320 e. The predicted octanol–water partition coefficient (Wildman–Crippen LogP) is -0.669. The van der Waals surface area contributed by atoms with Crippen LogP contribution in [0.2, 0.25) is 0 Å². The maximum Gasteiger partial charge on any atom is 0.211 e. The third-order valence-electron chi connectivity index (χ3n) is 2.78. The van der Waals surface area contributed by atoms with Crippen LogP contribution in [0.25, 0.3) is 0 Å². The molecule has 0 aromatic rings. The number of amides is 1. The van der Waals surface area contributed by atoms with Crippen molar-refractivity contribution in [2.24, 2.45) is 0 Å². The lowest BCUT2D eigenvalue weighted by molar-refractivity contribution is -0.135. The third-order valence-corrected chi connectivity index (χ3v) is 2.78. The summed E-state index contributed by atoms with van der Waals surface area (Å²) in [4.78, 5) is 23.9. The Labute approximate surface area is 90.2 Å². The Morgan fingerprint density at radius 3 is 2.93 bits per heavy atom. The standard InChI is InChI=1S/C10H19N3O2/c1-8(15)9-3-6-12-10(4-5-11-2)13(9)7-14/h7,9-12H,3-6H2,1-2H3. The molecule has 1 rings (SSSR count). The first kappa shape index (κ1) is 12.1. The first-order chi connectivity index (χ1) is 7.20. The van der Waals surface area contributed by atoms with Gasteiger partial charge in [0.2, 0.25) is 6.41 Å². The summed E-state index contributed by atoms with van der Waals surface area (Å²) < 4.78 is 0. The van der Waals surface area contributed by atoms with Crippen molar-refractivity contribution in [1.82, 2.24) is 15.5 Å². The van der Waals surface area contributed by atoms with Crippen molar-refractivity contribution < 1.29 is 9.59 Å². The number of hydrogen-bond donors (Lipinski definition) is 2. The normalized spacial score (nSPS) is 26.4. The smallest absolute Gasteiger partial charge is 0.211 e. The van der Waals surface area contributed by atoms with Crippen molar-refractivity contribution in [3.05, 3.63) is 0 Å².